The average Bonchev–Trinajstić information content (AvgIpc) is 3.33. The highest BCUT2D eigenvalue weighted by Crippen LogP contribution is 2.34. The molecular weight excluding hydrogens is 302 g/mol. The quantitative estimate of drug-likeness (QED) is 0.886. The van der Waals surface area contributed by atoms with Crippen molar-refractivity contribution >= 4 is 0 Å². The highest BCUT2D eigenvalue weighted by molar-refractivity contribution is 5.39. The largest absolute Gasteiger partial charge is 0.493 e. The molecule has 2 atom stereocenters. The summed E-state index contributed by atoms with van der Waals surface area (Å²) in [5.74, 6) is 1.56. The van der Waals surface area contributed by atoms with Crippen molar-refractivity contribution in [2.24, 2.45) is 5.92 Å². The molecule has 5 heteroatoms. The maximum atomic E-state index is 6.00. The fourth-order valence-electron chi connectivity index (χ4n) is 3.77. The molecule has 0 saturated carbocycles. The van der Waals surface area contributed by atoms with Gasteiger partial charge in [-0.25, -0.2) is 0 Å². The number of hydrogen-bond acceptors (Lipinski definition) is 4. The first-order valence-electron chi connectivity index (χ1n) is 8.94. The van der Waals surface area contributed by atoms with Crippen LogP contribution in [0.5, 0.6) is 5.75 Å². The first kappa shape index (κ1) is 15.7. The van der Waals surface area contributed by atoms with E-state index < -0.39 is 0 Å². The average molecular weight is 327 g/mol. The predicted octanol–water partition coefficient (Wildman–Crippen LogP) is 2.71. The van der Waals surface area contributed by atoms with Crippen molar-refractivity contribution in [1.29, 1.82) is 0 Å². The number of nitrogens with zero attached hydrogens (tertiary/aromatic N) is 2. The summed E-state index contributed by atoms with van der Waals surface area (Å²) in [6.07, 6.45) is 4.17. The van der Waals surface area contributed by atoms with Gasteiger partial charge in [-0.3, -0.25) is 4.68 Å². The normalized spacial score (nSPS) is 22.5. The molecule has 1 N–H and O–H groups in total. The number of benzene rings is 1. The van der Waals surface area contributed by atoms with Gasteiger partial charge < -0.3 is 14.8 Å². The Hall–Kier alpha value is -1.85. The van der Waals surface area contributed by atoms with Gasteiger partial charge in [-0.05, 0) is 36.6 Å². The molecule has 3 heterocycles. The first-order chi connectivity index (χ1) is 11.8. The van der Waals surface area contributed by atoms with Crippen LogP contribution in [0.25, 0.3) is 0 Å². The monoisotopic (exact) mass is 327 g/mol. The Morgan fingerprint density at radius 3 is 3.17 bits per heavy atom. The minimum Gasteiger partial charge on any atom is -0.493 e. The summed E-state index contributed by atoms with van der Waals surface area (Å²) in [5, 5.41) is 7.99. The van der Waals surface area contributed by atoms with Gasteiger partial charge in [0.25, 0.3) is 0 Å². The van der Waals surface area contributed by atoms with E-state index in [-0.39, 0.29) is 6.10 Å². The summed E-state index contributed by atoms with van der Waals surface area (Å²) in [6.45, 7) is 6.52. The van der Waals surface area contributed by atoms with E-state index in [9.17, 15) is 0 Å². The molecule has 2 aromatic rings. The zero-order valence-corrected chi connectivity index (χ0v) is 14.2. The zero-order chi connectivity index (χ0) is 16.4. The summed E-state index contributed by atoms with van der Waals surface area (Å²) in [4.78, 5) is 0. The second-order valence-electron chi connectivity index (χ2n) is 6.58. The van der Waals surface area contributed by atoms with Crippen molar-refractivity contribution in [3.63, 3.8) is 0 Å². The maximum absolute atomic E-state index is 6.00. The lowest BCUT2D eigenvalue weighted by Gasteiger charge is -2.20. The van der Waals surface area contributed by atoms with Crippen molar-refractivity contribution in [3.05, 3.63) is 47.3 Å². The molecule has 2 aliphatic rings. The van der Waals surface area contributed by atoms with E-state index in [1.54, 1.807) is 0 Å². The summed E-state index contributed by atoms with van der Waals surface area (Å²) in [7, 11) is 0. The molecule has 0 aliphatic carbocycles. The van der Waals surface area contributed by atoms with Crippen LogP contribution in [0.1, 0.15) is 36.3 Å². The van der Waals surface area contributed by atoms with Gasteiger partial charge in [0.1, 0.15) is 11.9 Å². The number of aromatic nitrogens is 2. The maximum Gasteiger partial charge on any atom is 0.122 e. The number of hydrogen-bond donors (Lipinski definition) is 1. The molecule has 1 aromatic heterocycles. The fraction of sp³-hybridized carbons (Fsp3) is 0.526. The zero-order valence-electron chi connectivity index (χ0n) is 14.2. The van der Waals surface area contributed by atoms with E-state index in [4.69, 9.17) is 9.47 Å². The van der Waals surface area contributed by atoms with Crippen LogP contribution in [-0.4, -0.2) is 29.5 Å². The third kappa shape index (κ3) is 3.06. The van der Waals surface area contributed by atoms with Crippen LogP contribution < -0.4 is 10.1 Å². The minimum atomic E-state index is 0.161. The Balaban J connectivity index is 1.35. The van der Waals surface area contributed by atoms with Crippen molar-refractivity contribution in [3.8, 4) is 5.75 Å². The van der Waals surface area contributed by atoms with Crippen LogP contribution in [0.2, 0.25) is 0 Å². The van der Waals surface area contributed by atoms with Crippen LogP contribution >= 0.6 is 0 Å². The lowest BCUT2D eigenvalue weighted by molar-refractivity contribution is 0.0830. The molecule has 4 rings (SSSR count). The van der Waals surface area contributed by atoms with Crippen molar-refractivity contribution in [2.75, 3.05) is 19.8 Å². The molecule has 1 fully saturated rings. The van der Waals surface area contributed by atoms with Crippen molar-refractivity contribution < 1.29 is 9.47 Å². The molecule has 0 amide bonds. The lowest BCUT2D eigenvalue weighted by Crippen LogP contribution is -2.25. The Kier molecular flexibility index (Phi) is 4.54. The highest BCUT2D eigenvalue weighted by Gasteiger charge is 2.31. The molecular formula is C19H25N3O2. The standard InChI is InChI=1S/C19H25N3O2/c1-2-22-17(5-8-21-22)19-16(7-10-24-19)13-20-12-14-3-4-18-15(11-14)6-9-23-18/h3-5,8,11,16,19-20H,2,6-7,9-10,12-13H2,1H3/t16-,19+/m0/s1. The van der Waals surface area contributed by atoms with Gasteiger partial charge in [0.15, 0.2) is 0 Å². The third-order valence-corrected chi connectivity index (χ3v) is 5.04. The molecule has 2 aliphatic heterocycles. The summed E-state index contributed by atoms with van der Waals surface area (Å²) in [6, 6.07) is 8.61. The van der Waals surface area contributed by atoms with Gasteiger partial charge in [-0.1, -0.05) is 12.1 Å². The van der Waals surface area contributed by atoms with Crippen LogP contribution in [0.4, 0.5) is 0 Å². The van der Waals surface area contributed by atoms with Crippen molar-refractivity contribution in [1.82, 2.24) is 15.1 Å². The van der Waals surface area contributed by atoms with Gasteiger partial charge >= 0.3 is 0 Å². The number of fused-ring (bicyclic) bond motifs is 1. The van der Waals surface area contributed by atoms with Crippen molar-refractivity contribution in [2.45, 2.75) is 39.0 Å². The fourth-order valence-corrected chi connectivity index (χ4v) is 3.77. The van der Waals surface area contributed by atoms with Crippen LogP contribution in [0.3, 0.4) is 0 Å². The van der Waals surface area contributed by atoms with Crippen LogP contribution in [0.15, 0.2) is 30.5 Å². The Morgan fingerprint density at radius 1 is 1.29 bits per heavy atom. The number of ether oxygens (including phenoxy) is 2. The second kappa shape index (κ2) is 6.95. The predicted molar refractivity (Wildman–Crippen MR) is 92.0 cm³/mol. The summed E-state index contributed by atoms with van der Waals surface area (Å²) >= 11 is 0. The van der Waals surface area contributed by atoms with Crippen LogP contribution in [-0.2, 0) is 24.2 Å². The molecule has 24 heavy (non-hydrogen) atoms. The van der Waals surface area contributed by atoms with E-state index in [1.807, 2.05) is 10.9 Å². The lowest BCUT2D eigenvalue weighted by atomic mass is 9.98. The highest BCUT2D eigenvalue weighted by atomic mass is 16.5. The number of nitrogens with one attached hydrogen (secondary N) is 1. The van der Waals surface area contributed by atoms with E-state index in [0.717, 1.165) is 51.4 Å². The minimum absolute atomic E-state index is 0.161. The molecule has 5 nitrogen and oxygen atoms in total. The van der Waals surface area contributed by atoms with Gasteiger partial charge in [-0.15, -0.1) is 0 Å². The smallest absolute Gasteiger partial charge is 0.122 e. The molecule has 0 unspecified atom stereocenters. The van der Waals surface area contributed by atoms with E-state index in [2.05, 4.69) is 41.6 Å². The molecule has 0 radical (unpaired) electrons. The summed E-state index contributed by atoms with van der Waals surface area (Å²) < 4.78 is 13.6. The summed E-state index contributed by atoms with van der Waals surface area (Å²) in [5.41, 5.74) is 3.87. The Morgan fingerprint density at radius 2 is 2.25 bits per heavy atom. The third-order valence-electron chi connectivity index (χ3n) is 5.04. The molecule has 0 spiro atoms. The Labute approximate surface area is 143 Å². The number of aryl methyl sites for hydroxylation is 1. The Bertz CT molecular complexity index is 698. The van der Waals surface area contributed by atoms with E-state index in [1.165, 1.54) is 16.8 Å². The van der Waals surface area contributed by atoms with E-state index >= 15 is 0 Å². The second-order valence-corrected chi connectivity index (χ2v) is 6.58. The SMILES string of the molecule is CCn1nccc1[C@@H]1OCC[C@H]1CNCc1ccc2c(c1)CCO2. The van der Waals surface area contributed by atoms with Gasteiger partial charge in [0, 0.05) is 44.8 Å². The molecule has 128 valence electrons. The van der Waals surface area contributed by atoms with Gasteiger partial charge in [0.2, 0.25) is 0 Å². The molecule has 1 saturated heterocycles. The molecule has 0 bridgehead atoms. The topological polar surface area (TPSA) is 48.3 Å². The van der Waals surface area contributed by atoms with Crippen LogP contribution in [0, 0.1) is 5.92 Å². The van der Waals surface area contributed by atoms with E-state index in [0.29, 0.717) is 5.92 Å². The van der Waals surface area contributed by atoms with Gasteiger partial charge in [-0.2, -0.15) is 5.10 Å². The van der Waals surface area contributed by atoms with Gasteiger partial charge in [0.05, 0.1) is 12.3 Å². The molecule has 1 aromatic carbocycles. The number of rotatable bonds is 6. The first-order valence-corrected chi connectivity index (χ1v) is 8.94.